The average molecular weight is 754 g/mol. The van der Waals surface area contributed by atoms with E-state index in [0.717, 1.165) is 5.39 Å². The van der Waals surface area contributed by atoms with Crippen molar-refractivity contribution in [1.29, 1.82) is 0 Å². The van der Waals surface area contributed by atoms with Crippen molar-refractivity contribution < 1.29 is 46.6 Å². The third-order valence-electron chi connectivity index (χ3n) is 9.44. The van der Waals surface area contributed by atoms with E-state index in [9.17, 15) is 32.4 Å². The summed E-state index contributed by atoms with van der Waals surface area (Å²) < 4.78 is 44.6. The van der Waals surface area contributed by atoms with Gasteiger partial charge >= 0.3 is 6.09 Å². The Morgan fingerprint density at radius 3 is 2.47 bits per heavy atom. The van der Waals surface area contributed by atoms with Crippen molar-refractivity contribution in [3.63, 3.8) is 0 Å². The molecule has 0 bridgehead atoms. The molecule has 2 aromatic rings. The summed E-state index contributed by atoms with van der Waals surface area (Å²) in [6.07, 6.45) is 1.99. The highest BCUT2D eigenvalue weighted by Crippen LogP contribution is 2.45. The molecule has 53 heavy (non-hydrogen) atoms. The lowest BCUT2D eigenvalue weighted by molar-refractivity contribution is -0.141. The zero-order valence-corrected chi connectivity index (χ0v) is 31.4. The predicted octanol–water partition coefficient (Wildman–Crippen LogP) is 3.08. The van der Waals surface area contributed by atoms with Crippen molar-refractivity contribution in [1.82, 2.24) is 25.2 Å². The molecular formula is C37H47N5O10S. The van der Waals surface area contributed by atoms with E-state index in [1.165, 1.54) is 17.9 Å². The quantitative estimate of drug-likeness (QED) is 0.178. The molecule has 1 saturated heterocycles. The van der Waals surface area contributed by atoms with Gasteiger partial charge < -0.3 is 29.7 Å². The number of nitrogens with one attached hydrogen (secondary N) is 3. The molecule has 0 unspecified atom stereocenters. The maximum Gasteiger partial charge on any atom is 0.408 e. The number of rotatable bonds is 15. The van der Waals surface area contributed by atoms with E-state index in [1.807, 2.05) is 6.07 Å². The zero-order valence-electron chi connectivity index (χ0n) is 30.6. The highest BCUT2D eigenvalue weighted by Gasteiger charge is 2.62. The number of benzene rings is 1. The molecular weight excluding hydrogens is 706 g/mol. The number of methoxy groups -OCH3 is 1. The first-order valence-corrected chi connectivity index (χ1v) is 19.0. The smallest absolute Gasteiger partial charge is 0.408 e. The first kappa shape index (κ1) is 39.2. The van der Waals surface area contributed by atoms with Crippen LogP contribution in [0.15, 0.2) is 55.3 Å². The number of sulfonamides is 1. The first-order chi connectivity index (χ1) is 24.9. The topological polar surface area (TPSA) is 199 Å². The minimum Gasteiger partial charge on any atom is -0.497 e. The van der Waals surface area contributed by atoms with Gasteiger partial charge in [0.25, 0.3) is 5.91 Å². The van der Waals surface area contributed by atoms with Crippen LogP contribution >= 0.6 is 0 Å². The van der Waals surface area contributed by atoms with E-state index in [0.29, 0.717) is 24.0 Å². The van der Waals surface area contributed by atoms with Gasteiger partial charge in [0.05, 0.1) is 18.9 Å². The van der Waals surface area contributed by atoms with Gasteiger partial charge in [-0.1, -0.05) is 12.7 Å². The van der Waals surface area contributed by atoms with E-state index in [-0.39, 0.29) is 49.5 Å². The highest BCUT2D eigenvalue weighted by atomic mass is 32.2. The van der Waals surface area contributed by atoms with E-state index in [1.54, 1.807) is 52.3 Å². The van der Waals surface area contributed by atoms with E-state index >= 15 is 0 Å². The molecule has 3 N–H and O–H groups in total. The maximum absolute atomic E-state index is 14.4. The Morgan fingerprint density at radius 1 is 1.15 bits per heavy atom. The molecule has 16 heteroatoms. The van der Waals surface area contributed by atoms with Gasteiger partial charge in [0, 0.05) is 30.3 Å². The molecule has 0 spiro atoms. The molecule has 0 radical (unpaired) electrons. The van der Waals surface area contributed by atoms with Crippen molar-refractivity contribution in [3.05, 3.63) is 55.3 Å². The van der Waals surface area contributed by atoms with Crippen LogP contribution < -0.4 is 24.8 Å². The Balaban J connectivity index is 1.45. The number of amides is 4. The summed E-state index contributed by atoms with van der Waals surface area (Å²) in [6, 6.07) is 4.58. The number of likely N-dealkylation sites (tertiary alicyclic amines) is 1. The van der Waals surface area contributed by atoms with Gasteiger partial charge in [0.2, 0.25) is 27.7 Å². The predicted molar refractivity (Wildman–Crippen MR) is 194 cm³/mol. The number of aromatic nitrogens is 1. The van der Waals surface area contributed by atoms with Crippen molar-refractivity contribution in [2.45, 2.75) is 101 Å². The van der Waals surface area contributed by atoms with Crippen LogP contribution in [0.1, 0.15) is 66.2 Å². The third-order valence-corrected chi connectivity index (χ3v) is 11.3. The van der Waals surface area contributed by atoms with Gasteiger partial charge in [0.15, 0.2) is 5.78 Å². The minimum absolute atomic E-state index is 0.0491. The molecule has 1 aromatic carbocycles. The lowest BCUT2D eigenvalue weighted by atomic mass is 10.0. The van der Waals surface area contributed by atoms with Crippen LogP contribution in [0.5, 0.6) is 11.6 Å². The summed E-state index contributed by atoms with van der Waals surface area (Å²) in [5.41, 5.74) is -2.23. The summed E-state index contributed by atoms with van der Waals surface area (Å²) in [4.78, 5) is 73.2. The normalized spacial score (nSPS) is 23.0. The number of ketones is 1. The summed E-state index contributed by atoms with van der Waals surface area (Å²) in [5, 5.41) is 6.06. The zero-order chi connectivity index (χ0) is 38.9. The van der Waals surface area contributed by atoms with Crippen molar-refractivity contribution in [2.75, 3.05) is 13.7 Å². The molecule has 4 amide bonds. The van der Waals surface area contributed by atoms with E-state index < -0.39 is 74.3 Å². The standard InChI is InChI=1S/C37H47N5O10S/c1-8-23-19-37(23,34(46)41-53(48,49)26-10-11-26)40-31(44)29-18-25(51-32-27-12-9-24(50-7)17-22(27)15-16-38-32)20-42(29)33(45)28(13-14-30(43)21(2)3)39-35(47)52-36(4,5)6/h8-9,12,15-17,23,25-26,28-29H,1-2,10-11,13-14,18-20H2,3-7H3,(H,39,47)(H,40,44)(H,41,46)/t23-,25-,28-,29+,37-/m1/s1. The average Bonchev–Trinajstić information content (AvgIpc) is 4.02. The van der Waals surface area contributed by atoms with Crippen LogP contribution in [0.4, 0.5) is 4.79 Å². The molecule has 5 rings (SSSR count). The number of nitrogens with zero attached hydrogens (tertiary/aromatic N) is 2. The fraction of sp³-hybridized carbons (Fsp3) is 0.514. The number of carbonyl (C=O) groups excluding carboxylic acids is 5. The number of allylic oxidation sites excluding steroid dienone is 1. The summed E-state index contributed by atoms with van der Waals surface area (Å²) in [5.74, 6) is -2.33. The number of pyridine rings is 1. The Kier molecular flexibility index (Phi) is 11.2. The largest absolute Gasteiger partial charge is 0.497 e. The van der Waals surface area contributed by atoms with Crippen LogP contribution in [-0.2, 0) is 33.9 Å². The molecule has 2 heterocycles. The minimum atomic E-state index is -3.93. The number of ether oxygens (including phenoxy) is 3. The lowest BCUT2D eigenvalue weighted by Gasteiger charge is -2.30. The second-order valence-corrected chi connectivity index (χ2v) is 16.8. The fourth-order valence-electron chi connectivity index (χ4n) is 6.30. The third kappa shape index (κ3) is 9.15. The number of alkyl carbamates (subject to hydrolysis) is 1. The highest BCUT2D eigenvalue weighted by molar-refractivity contribution is 7.91. The number of carbonyl (C=O) groups is 5. The number of hydrogen-bond acceptors (Lipinski definition) is 11. The van der Waals surface area contributed by atoms with Gasteiger partial charge in [-0.2, -0.15) is 0 Å². The Hall–Kier alpha value is -4.99. The molecule has 15 nitrogen and oxygen atoms in total. The van der Waals surface area contributed by atoms with Gasteiger partial charge in [0.1, 0.15) is 35.1 Å². The number of fused-ring (bicyclic) bond motifs is 1. The second kappa shape index (κ2) is 15.2. The van der Waals surface area contributed by atoms with Crippen molar-refractivity contribution in [2.24, 2.45) is 5.92 Å². The molecule has 5 atom stereocenters. The van der Waals surface area contributed by atoms with Crippen molar-refractivity contribution >= 4 is 50.4 Å². The Labute approximate surface area is 308 Å². The van der Waals surface area contributed by atoms with Gasteiger partial charge in [-0.05, 0) is 88.6 Å². The molecule has 2 saturated carbocycles. The Bertz CT molecular complexity index is 1940. The van der Waals surface area contributed by atoms with Crippen LogP contribution in [0.3, 0.4) is 0 Å². The van der Waals surface area contributed by atoms with Gasteiger partial charge in [-0.3, -0.25) is 23.9 Å². The molecule has 286 valence electrons. The summed E-state index contributed by atoms with van der Waals surface area (Å²) in [6.45, 7) is 13.8. The van der Waals surface area contributed by atoms with Crippen molar-refractivity contribution in [3.8, 4) is 11.6 Å². The number of hydrogen-bond donors (Lipinski definition) is 3. The van der Waals surface area contributed by atoms with Gasteiger partial charge in [-0.25, -0.2) is 18.2 Å². The Morgan fingerprint density at radius 2 is 1.87 bits per heavy atom. The SMILES string of the molecule is C=C[C@@H]1C[C@]1(NC(=O)[C@@H]1C[C@@H](Oc2nccc3cc(OC)ccc23)CN1C(=O)[C@@H](CCC(=O)C(=C)C)NC(=O)OC(C)(C)C)C(=O)NS(=O)(=O)C1CC1. The lowest BCUT2D eigenvalue weighted by Crippen LogP contribution is -2.58. The van der Waals surface area contributed by atoms with Crippen LogP contribution in [0.25, 0.3) is 10.8 Å². The van der Waals surface area contributed by atoms with Gasteiger partial charge in [-0.15, -0.1) is 6.58 Å². The summed E-state index contributed by atoms with van der Waals surface area (Å²) in [7, 11) is -2.38. The molecule has 1 aliphatic heterocycles. The maximum atomic E-state index is 14.4. The van der Waals surface area contributed by atoms with Crippen LogP contribution in [-0.4, -0.2) is 96.1 Å². The molecule has 3 aliphatic rings. The fourth-order valence-corrected chi connectivity index (χ4v) is 7.66. The van der Waals surface area contributed by atoms with Crippen LogP contribution in [0, 0.1) is 5.92 Å². The monoisotopic (exact) mass is 753 g/mol. The van der Waals surface area contributed by atoms with E-state index in [2.05, 4.69) is 33.5 Å². The number of Topliss-reactive ketones (excluding diaryl/α,β-unsaturated/α-hetero) is 1. The molecule has 3 fully saturated rings. The first-order valence-electron chi connectivity index (χ1n) is 17.5. The van der Waals surface area contributed by atoms with E-state index in [4.69, 9.17) is 14.2 Å². The second-order valence-electron chi connectivity index (χ2n) is 14.8. The summed E-state index contributed by atoms with van der Waals surface area (Å²) >= 11 is 0. The van der Waals surface area contributed by atoms with Crippen LogP contribution in [0.2, 0.25) is 0 Å². The molecule has 2 aliphatic carbocycles. The molecule has 1 aromatic heterocycles.